The minimum atomic E-state index is 0.226. The molecule has 20 heavy (non-hydrogen) atoms. The number of nitrogens with one attached hydrogen (secondary N) is 1. The van der Waals surface area contributed by atoms with E-state index in [1.807, 2.05) is 24.3 Å². The Balaban J connectivity index is 1.71. The molecule has 108 valence electrons. The normalized spacial score (nSPS) is 19.9. The number of nitrogens with zero attached hydrogens (tertiary/aromatic N) is 1. The largest absolute Gasteiger partial charge is 0.335 e. The quantitative estimate of drug-likeness (QED) is 0.810. The van der Waals surface area contributed by atoms with E-state index in [4.69, 9.17) is 0 Å². The van der Waals surface area contributed by atoms with E-state index >= 15 is 0 Å². The lowest BCUT2D eigenvalue weighted by atomic mass is 9.97. The van der Waals surface area contributed by atoms with Crippen molar-refractivity contribution in [2.45, 2.75) is 31.7 Å². The monoisotopic (exact) mass is 384 g/mol. The first-order valence-corrected chi connectivity index (χ1v) is 8.59. The van der Waals surface area contributed by atoms with Crippen molar-refractivity contribution in [1.29, 1.82) is 0 Å². The maximum Gasteiger partial charge on any atom is 0.254 e. The van der Waals surface area contributed by atoms with Crippen LogP contribution < -0.4 is 5.32 Å². The van der Waals surface area contributed by atoms with Crippen LogP contribution >= 0.6 is 22.6 Å². The zero-order chi connectivity index (χ0) is 13.9. The molecule has 1 amide bonds. The zero-order valence-electron chi connectivity index (χ0n) is 11.6. The van der Waals surface area contributed by atoms with E-state index < -0.39 is 0 Å². The van der Waals surface area contributed by atoms with Gasteiger partial charge in [0, 0.05) is 21.7 Å². The molecule has 1 saturated heterocycles. The van der Waals surface area contributed by atoms with Gasteiger partial charge in [0.1, 0.15) is 0 Å². The van der Waals surface area contributed by atoms with E-state index in [1.54, 1.807) is 0 Å². The lowest BCUT2D eigenvalue weighted by molar-refractivity contribution is 0.0701. The summed E-state index contributed by atoms with van der Waals surface area (Å²) in [5.74, 6) is 0.896. The van der Waals surface area contributed by atoms with Gasteiger partial charge in [-0.25, -0.2) is 0 Å². The van der Waals surface area contributed by atoms with Gasteiger partial charge in [-0.15, -0.1) is 0 Å². The minimum Gasteiger partial charge on any atom is -0.335 e. The maximum absolute atomic E-state index is 12.8. The first kappa shape index (κ1) is 14.3. The highest BCUT2D eigenvalue weighted by atomic mass is 127. The summed E-state index contributed by atoms with van der Waals surface area (Å²) in [6.07, 6.45) is 4.76. The molecule has 0 radical (unpaired) electrons. The van der Waals surface area contributed by atoms with Crippen LogP contribution in [0.15, 0.2) is 24.3 Å². The highest BCUT2D eigenvalue weighted by molar-refractivity contribution is 14.1. The minimum absolute atomic E-state index is 0.226. The molecular weight excluding hydrogens is 363 g/mol. The second-order valence-corrected chi connectivity index (χ2v) is 7.14. The summed E-state index contributed by atoms with van der Waals surface area (Å²) in [5, 5.41) is 3.40. The van der Waals surface area contributed by atoms with E-state index in [1.165, 1.54) is 25.7 Å². The maximum atomic E-state index is 12.8. The lowest BCUT2D eigenvalue weighted by Gasteiger charge is -2.30. The molecule has 1 heterocycles. The first-order chi connectivity index (χ1) is 9.74. The van der Waals surface area contributed by atoms with Crippen LogP contribution in [0, 0.1) is 9.49 Å². The molecule has 3 rings (SSSR count). The Labute approximate surface area is 134 Å². The van der Waals surface area contributed by atoms with Gasteiger partial charge in [-0.2, -0.15) is 0 Å². The van der Waals surface area contributed by atoms with E-state index in [0.29, 0.717) is 12.0 Å². The number of carbonyl (C=O) groups excluding carboxylic acids is 1. The number of rotatable bonds is 4. The third-order valence-electron chi connectivity index (χ3n) is 4.23. The van der Waals surface area contributed by atoms with Crippen LogP contribution in [-0.2, 0) is 0 Å². The van der Waals surface area contributed by atoms with Crippen LogP contribution in [-0.4, -0.2) is 36.5 Å². The van der Waals surface area contributed by atoms with Crippen LogP contribution in [0.25, 0.3) is 0 Å². The second-order valence-electron chi connectivity index (χ2n) is 5.89. The summed E-state index contributed by atoms with van der Waals surface area (Å²) >= 11 is 2.27. The highest BCUT2D eigenvalue weighted by Crippen LogP contribution is 2.30. The van der Waals surface area contributed by atoms with Gasteiger partial charge in [-0.3, -0.25) is 4.79 Å². The van der Waals surface area contributed by atoms with Gasteiger partial charge in [0.2, 0.25) is 0 Å². The molecule has 1 aliphatic carbocycles. The highest BCUT2D eigenvalue weighted by Gasteiger charge is 2.34. The van der Waals surface area contributed by atoms with Crippen molar-refractivity contribution in [2.75, 3.05) is 19.6 Å². The number of carbonyl (C=O) groups is 1. The molecule has 2 aliphatic rings. The Hall–Kier alpha value is -0.620. The van der Waals surface area contributed by atoms with Gasteiger partial charge < -0.3 is 10.2 Å². The summed E-state index contributed by atoms with van der Waals surface area (Å²) in [7, 11) is 0. The van der Waals surface area contributed by atoms with Gasteiger partial charge in [-0.1, -0.05) is 6.07 Å². The summed E-state index contributed by atoms with van der Waals surface area (Å²) in [6.45, 7) is 3.14. The molecule has 0 spiro atoms. The molecule has 2 fully saturated rings. The molecule has 0 unspecified atom stereocenters. The summed E-state index contributed by atoms with van der Waals surface area (Å²) in [4.78, 5) is 14.9. The SMILES string of the molecule is O=C(c1cccc(I)c1)N(CC1CCNCC1)C1CC1. The Bertz CT molecular complexity index is 481. The van der Waals surface area contributed by atoms with Crippen molar-refractivity contribution >= 4 is 28.5 Å². The fourth-order valence-electron chi connectivity index (χ4n) is 2.91. The van der Waals surface area contributed by atoms with Crippen LogP contribution in [0.1, 0.15) is 36.0 Å². The van der Waals surface area contributed by atoms with Gasteiger partial charge in [-0.05, 0) is 85.5 Å². The van der Waals surface area contributed by atoms with Gasteiger partial charge >= 0.3 is 0 Å². The number of piperidine rings is 1. The molecule has 1 saturated carbocycles. The van der Waals surface area contributed by atoms with E-state index in [0.717, 1.165) is 28.8 Å². The van der Waals surface area contributed by atoms with Gasteiger partial charge in [0.05, 0.1) is 0 Å². The third-order valence-corrected chi connectivity index (χ3v) is 4.90. The molecule has 0 aromatic heterocycles. The third kappa shape index (κ3) is 3.52. The molecule has 1 aliphatic heterocycles. The number of hydrogen-bond acceptors (Lipinski definition) is 2. The number of benzene rings is 1. The Morgan fingerprint density at radius 2 is 2.00 bits per heavy atom. The number of halogens is 1. The van der Waals surface area contributed by atoms with Crippen LogP contribution in [0.4, 0.5) is 0 Å². The van der Waals surface area contributed by atoms with E-state index in [2.05, 4.69) is 32.8 Å². The van der Waals surface area contributed by atoms with Crippen molar-refractivity contribution < 1.29 is 4.79 Å². The lowest BCUT2D eigenvalue weighted by Crippen LogP contribution is -2.40. The number of hydrogen-bond donors (Lipinski definition) is 1. The Morgan fingerprint density at radius 3 is 2.65 bits per heavy atom. The summed E-state index contributed by atoms with van der Waals surface area (Å²) in [6, 6.07) is 8.45. The average Bonchev–Trinajstić information content (AvgIpc) is 3.30. The van der Waals surface area contributed by atoms with Gasteiger partial charge in [0.15, 0.2) is 0 Å². The average molecular weight is 384 g/mol. The van der Waals surface area contributed by atoms with E-state index in [-0.39, 0.29) is 5.91 Å². The molecule has 3 nitrogen and oxygen atoms in total. The van der Waals surface area contributed by atoms with Crippen molar-refractivity contribution in [3.05, 3.63) is 33.4 Å². The fraction of sp³-hybridized carbons (Fsp3) is 0.562. The molecule has 1 aromatic rings. The Kier molecular flexibility index (Phi) is 4.61. The number of amides is 1. The second kappa shape index (κ2) is 6.43. The standard InChI is InChI=1S/C16H21IN2O/c17-14-3-1-2-13(10-14)16(20)19(15-4-5-15)11-12-6-8-18-9-7-12/h1-3,10,12,15,18H,4-9,11H2. The smallest absolute Gasteiger partial charge is 0.254 e. The van der Waals surface area contributed by atoms with Crippen molar-refractivity contribution in [3.63, 3.8) is 0 Å². The van der Waals surface area contributed by atoms with Crippen LogP contribution in [0.5, 0.6) is 0 Å². The van der Waals surface area contributed by atoms with E-state index in [9.17, 15) is 4.79 Å². The first-order valence-electron chi connectivity index (χ1n) is 7.51. The van der Waals surface area contributed by atoms with Gasteiger partial charge in [0.25, 0.3) is 5.91 Å². The van der Waals surface area contributed by atoms with Crippen LogP contribution in [0.2, 0.25) is 0 Å². The molecule has 1 N–H and O–H groups in total. The van der Waals surface area contributed by atoms with Crippen LogP contribution in [0.3, 0.4) is 0 Å². The predicted molar refractivity (Wildman–Crippen MR) is 88.8 cm³/mol. The molecule has 0 atom stereocenters. The molecule has 0 bridgehead atoms. The fourth-order valence-corrected chi connectivity index (χ4v) is 3.46. The summed E-state index contributed by atoms with van der Waals surface area (Å²) in [5.41, 5.74) is 0.845. The topological polar surface area (TPSA) is 32.3 Å². The molecule has 4 heteroatoms. The van der Waals surface area contributed by atoms with Crippen molar-refractivity contribution in [2.24, 2.45) is 5.92 Å². The molecule has 1 aromatic carbocycles. The van der Waals surface area contributed by atoms with Crippen molar-refractivity contribution in [3.8, 4) is 0 Å². The Morgan fingerprint density at radius 1 is 1.25 bits per heavy atom. The predicted octanol–water partition coefficient (Wildman–Crippen LogP) is 2.90. The molecular formula is C16H21IN2O. The summed E-state index contributed by atoms with van der Waals surface area (Å²) < 4.78 is 1.13. The van der Waals surface area contributed by atoms with Crippen molar-refractivity contribution in [1.82, 2.24) is 10.2 Å². The zero-order valence-corrected chi connectivity index (χ0v) is 13.8.